The average Bonchev–Trinajstić information content (AvgIpc) is 2.84. The third kappa shape index (κ3) is 3.26. The van der Waals surface area contributed by atoms with E-state index in [4.69, 9.17) is 0 Å². The second-order valence-electron chi connectivity index (χ2n) is 5.95. The van der Waals surface area contributed by atoms with E-state index in [0.717, 1.165) is 6.42 Å². The van der Waals surface area contributed by atoms with E-state index in [0.29, 0.717) is 29.1 Å². The van der Waals surface area contributed by atoms with E-state index >= 15 is 0 Å². The lowest BCUT2D eigenvalue weighted by Gasteiger charge is -2.28. The maximum Gasteiger partial charge on any atom is 0.270 e. The third-order valence-corrected chi connectivity index (χ3v) is 3.79. The molecule has 0 aliphatic rings. The van der Waals surface area contributed by atoms with Gasteiger partial charge in [0.15, 0.2) is 0 Å². The van der Waals surface area contributed by atoms with Gasteiger partial charge in [-0.15, -0.1) is 0 Å². The quantitative estimate of drug-likeness (QED) is 0.880. The molecule has 0 aliphatic carbocycles. The molecule has 0 fully saturated rings. The Morgan fingerprint density at radius 2 is 2.05 bits per heavy atom. The Labute approximate surface area is 125 Å². The molecule has 1 heterocycles. The number of aromatic amines is 1. The van der Waals surface area contributed by atoms with Crippen molar-refractivity contribution in [3.05, 3.63) is 35.8 Å². The molecule has 2 rings (SSSR count). The largest absolute Gasteiger partial charge is 0.350 e. The van der Waals surface area contributed by atoms with Crippen molar-refractivity contribution in [2.75, 3.05) is 6.54 Å². The molecule has 0 spiro atoms. The van der Waals surface area contributed by atoms with Crippen molar-refractivity contribution in [1.29, 1.82) is 0 Å². The third-order valence-electron chi connectivity index (χ3n) is 3.79. The number of amides is 1. The minimum Gasteiger partial charge on any atom is -0.350 e. The van der Waals surface area contributed by atoms with Gasteiger partial charge in [-0.3, -0.25) is 4.79 Å². The number of hydrogen-bond acceptors (Lipinski definition) is 1. The van der Waals surface area contributed by atoms with E-state index in [9.17, 15) is 9.18 Å². The van der Waals surface area contributed by atoms with Gasteiger partial charge in [0.2, 0.25) is 0 Å². The van der Waals surface area contributed by atoms with Crippen LogP contribution in [-0.2, 0) is 0 Å². The summed E-state index contributed by atoms with van der Waals surface area (Å²) in [7, 11) is 0. The molecule has 114 valence electrons. The zero-order chi connectivity index (χ0) is 15.6. The monoisotopic (exact) mass is 290 g/mol. The Morgan fingerprint density at radius 1 is 1.33 bits per heavy atom. The Bertz CT molecular complexity index is 633. The normalized spacial score (nSPS) is 12.9. The van der Waals surface area contributed by atoms with Crippen LogP contribution in [-0.4, -0.2) is 28.4 Å². The lowest BCUT2D eigenvalue weighted by atomic mass is 10.0. The van der Waals surface area contributed by atoms with Gasteiger partial charge in [0.05, 0.1) is 0 Å². The molecule has 0 bridgehead atoms. The van der Waals surface area contributed by atoms with Gasteiger partial charge in [0.1, 0.15) is 11.5 Å². The number of rotatable bonds is 5. The molecule has 1 unspecified atom stereocenters. The predicted octanol–water partition coefficient (Wildman–Crippen LogP) is 4.20. The first-order valence-electron chi connectivity index (χ1n) is 7.52. The lowest BCUT2D eigenvalue weighted by molar-refractivity contribution is 0.0680. The second-order valence-corrected chi connectivity index (χ2v) is 5.95. The van der Waals surface area contributed by atoms with E-state index in [1.54, 1.807) is 18.2 Å². The van der Waals surface area contributed by atoms with Crippen LogP contribution in [0.2, 0.25) is 0 Å². The van der Waals surface area contributed by atoms with E-state index in [2.05, 4.69) is 25.8 Å². The van der Waals surface area contributed by atoms with Crippen molar-refractivity contribution >= 4 is 16.8 Å². The van der Waals surface area contributed by atoms with Gasteiger partial charge in [0.25, 0.3) is 5.91 Å². The van der Waals surface area contributed by atoms with Crippen molar-refractivity contribution in [3.8, 4) is 0 Å². The van der Waals surface area contributed by atoms with Crippen LogP contribution in [0.5, 0.6) is 0 Å². The highest BCUT2D eigenvalue weighted by molar-refractivity contribution is 5.98. The maximum absolute atomic E-state index is 13.7. The lowest BCUT2D eigenvalue weighted by Crippen LogP contribution is -2.39. The van der Waals surface area contributed by atoms with Crippen LogP contribution in [0.25, 0.3) is 10.9 Å². The van der Waals surface area contributed by atoms with Gasteiger partial charge in [-0.05, 0) is 44.4 Å². The summed E-state index contributed by atoms with van der Waals surface area (Å²) in [5, 5.41) is 0.466. The van der Waals surface area contributed by atoms with Crippen LogP contribution < -0.4 is 0 Å². The molecule has 0 aliphatic heterocycles. The zero-order valence-corrected chi connectivity index (χ0v) is 13.1. The van der Waals surface area contributed by atoms with Gasteiger partial charge in [-0.25, -0.2) is 4.39 Å². The molecule has 1 amide bonds. The highest BCUT2D eigenvalue weighted by Gasteiger charge is 2.22. The molecule has 0 saturated carbocycles. The van der Waals surface area contributed by atoms with E-state index in [-0.39, 0.29) is 17.8 Å². The minimum absolute atomic E-state index is 0.0683. The van der Waals surface area contributed by atoms with E-state index in [1.807, 2.05) is 11.8 Å². The predicted molar refractivity (Wildman–Crippen MR) is 83.9 cm³/mol. The first-order valence-corrected chi connectivity index (χ1v) is 7.52. The summed E-state index contributed by atoms with van der Waals surface area (Å²) in [6, 6.07) is 6.60. The van der Waals surface area contributed by atoms with Crippen LogP contribution in [0.3, 0.4) is 0 Å². The number of carbonyl (C=O) groups is 1. The van der Waals surface area contributed by atoms with E-state index in [1.165, 1.54) is 6.07 Å². The summed E-state index contributed by atoms with van der Waals surface area (Å²) < 4.78 is 13.7. The number of nitrogens with one attached hydrogen (secondary N) is 1. The number of H-pyrrole nitrogens is 1. The number of fused-ring (bicyclic) bond motifs is 1. The van der Waals surface area contributed by atoms with Gasteiger partial charge in [0, 0.05) is 23.5 Å². The van der Waals surface area contributed by atoms with Crippen LogP contribution in [0.1, 0.15) is 44.6 Å². The summed E-state index contributed by atoms with van der Waals surface area (Å²) in [5.74, 6) is 0.157. The molecule has 0 radical (unpaired) electrons. The SMILES string of the molecule is CCN(C(=O)c1cc2c(F)cccc2[nH]1)C(C)CC(C)C. The molecule has 1 N–H and O–H groups in total. The van der Waals surface area contributed by atoms with Crippen molar-refractivity contribution in [2.45, 2.75) is 40.2 Å². The number of aromatic nitrogens is 1. The number of halogens is 1. The van der Waals surface area contributed by atoms with Crippen molar-refractivity contribution in [3.63, 3.8) is 0 Å². The number of nitrogens with zero attached hydrogens (tertiary/aromatic N) is 1. The van der Waals surface area contributed by atoms with Crippen LogP contribution in [0, 0.1) is 11.7 Å². The van der Waals surface area contributed by atoms with Crippen LogP contribution in [0.4, 0.5) is 4.39 Å². The summed E-state index contributed by atoms with van der Waals surface area (Å²) in [4.78, 5) is 17.5. The van der Waals surface area contributed by atoms with Gasteiger partial charge < -0.3 is 9.88 Å². The fraction of sp³-hybridized carbons (Fsp3) is 0.471. The summed E-state index contributed by atoms with van der Waals surface area (Å²) in [6.45, 7) is 8.97. The molecule has 2 aromatic rings. The van der Waals surface area contributed by atoms with Crippen molar-refractivity contribution < 1.29 is 9.18 Å². The topological polar surface area (TPSA) is 36.1 Å². The summed E-state index contributed by atoms with van der Waals surface area (Å²) in [5.41, 5.74) is 1.11. The fourth-order valence-electron chi connectivity index (χ4n) is 2.85. The molecule has 4 heteroatoms. The van der Waals surface area contributed by atoms with Crippen molar-refractivity contribution in [2.24, 2.45) is 5.92 Å². The smallest absolute Gasteiger partial charge is 0.270 e. The second kappa shape index (κ2) is 6.29. The molecule has 21 heavy (non-hydrogen) atoms. The number of hydrogen-bond donors (Lipinski definition) is 1. The standard InChI is InChI=1S/C17H23FN2O/c1-5-20(12(4)9-11(2)3)17(21)16-10-13-14(18)7-6-8-15(13)19-16/h6-8,10-12,19H,5,9H2,1-4H3. The highest BCUT2D eigenvalue weighted by atomic mass is 19.1. The van der Waals surface area contributed by atoms with Crippen molar-refractivity contribution in [1.82, 2.24) is 9.88 Å². The molecule has 0 saturated heterocycles. The van der Waals surface area contributed by atoms with E-state index < -0.39 is 0 Å². The van der Waals surface area contributed by atoms with Gasteiger partial charge >= 0.3 is 0 Å². The average molecular weight is 290 g/mol. The molecule has 1 atom stereocenters. The zero-order valence-electron chi connectivity index (χ0n) is 13.1. The van der Waals surface area contributed by atoms with Crippen LogP contribution >= 0.6 is 0 Å². The Kier molecular flexibility index (Phi) is 4.66. The van der Waals surface area contributed by atoms with Gasteiger partial charge in [-0.2, -0.15) is 0 Å². The fourth-order valence-corrected chi connectivity index (χ4v) is 2.85. The Morgan fingerprint density at radius 3 is 2.62 bits per heavy atom. The summed E-state index contributed by atoms with van der Waals surface area (Å²) >= 11 is 0. The Balaban J connectivity index is 2.29. The first-order chi connectivity index (χ1) is 9.93. The molecule has 3 nitrogen and oxygen atoms in total. The maximum atomic E-state index is 13.7. The van der Waals surface area contributed by atoms with Gasteiger partial charge in [-0.1, -0.05) is 19.9 Å². The molecule has 1 aromatic heterocycles. The highest BCUT2D eigenvalue weighted by Crippen LogP contribution is 2.21. The summed E-state index contributed by atoms with van der Waals surface area (Å²) in [6.07, 6.45) is 0.953. The molecular formula is C17H23FN2O. The van der Waals surface area contributed by atoms with Crippen LogP contribution in [0.15, 0.2) is 24.3 Å². The minimum atomic E-state index is -0.305. The molecule has 1 aromatic carbocycles. The number of benzene rings is 1. The molecular weight excluding hydrogens is 267 g/mol. The Hall–Kier alpha value is -1.84. The first kappa shape index (κ1) is 15.5. The number of carbonyl (C=O) groups excluding carboxylic acids is 1.